The number of carbonyl (C=O) groups excluding carboxylic acids is 1. The van der Waals surface area contributed by atoms with Gasteiger partial charge in [-0.3, -0.25) is 9.52 Å². The van der Waals surface area contributed by atoms with Gasteiger partial charge >= 0.3 is 0 Å². The SMILES string of the molecule is COc1ccc(NS(=O)(=O)c2cccc3c2c2ccccc2n3OCC=O)cc1. The summed E-state index contributed by atoms with van der Waals surface area (Å²) in [5.74, 6) is 0.630. The van der Waals surface area contributed by atoms with Crippen LogP contribution in [0, 0.1) is 0 Å². The number of carbonyl (C=O) groups is 1. The summed E-state index contributed by atoms with van der Waals surface area (Å²) >= 11 is 0. The zero-order valence-corrected chi connectivity index (χ0v) is 16.3. The molecule has 0 saturated heterocycles. The highest BCUT2D eigenvalue weighted by Crippen LogP contribution is 2.34. The van der Waals surface area contributed by atoms with Crippen molar-refractivity contribution in [2.24, 2.45) is 0 Å². The van der Waals surface area contributed by atoms with E-state index in [9.17, 15) is 13.2 Å². The Morgan fingerprint density at radius 1 is 0.966 bits per heavy atom. The molecule has 4 rings (SSSR count). The number of sulfonamides is 1. The van der Waals surface area contributed by atoms with E-state index < -0.39 is 10.0 Å². The quantitative estimate of drug-likeness (QED) is 0.473. The monoisotopic (exact) mass is 410 g/mol. The van der Waals surface area contributed by atoms with Crippen molar-refractivity contribution in [3.05, 3.63) is 66.7 Å². The van der Waals surface area contributed by atoms with Gasteiger partial charge in [0.05, 0.1) is 23.0 Å². The first-order valence-corrected chi connectivity index (χ1v) is 10.3. The van der Waals surface area contributed by atoms with Crippen molar-refractivity contribution in [2.45, 2.75) is 4.90 Å². The van der Waals surface area contributed by atoms with Crippen molar-refractivity contribution in [1.29, 1.82) is 0 Å². The Hall–Kier alpha value is -3.52. The maximum absolute atomic E-state index is 13.2. The second-order valence-electron chi connectivity index (χ2n) is 6.26. The lowest BCUT2D eigenvalue weighted by atomic mass is 10.1. The van der Waals surface area contributed by atoms with Crippen LogP contribution in [-0.4, -0.2) is 33.2 Å². The minimum atomic E-state index is -3.89. The van der Waals surface area contributed by atoms with Crippen LogP contribution >= 0.6 is 0 Å². The third-order valence-corrected chi connectivity index (χ3v) is 5.94. The third kappa shape index (κ3) is 3.38. The summed E-state index contributed by atoms with van der Waals surface area (Å²) in [4.78, 5) is 16.5. The van der Waals surface area contributed by atoms with Gasteiger partial charge in [0.2, 0.25) is 0 Å². The predicted octanol–water partition coefficient (Wildman–Crippen LogP) is 3.23. The number of methoxy groups -OCH3 is 1. The average molecular weight is 410 g/mol. The number of aldehydes is 1. The Labute approximate surface area is 167 Å². The summed E-state index contributed by atoms with van der Waals surface area (Å²) in [5.41, 5.74) is 1.66. The van der Waals surface area contributed by atoms with Crippen LogP contribution in [0.2, 0.25) is 0 Å². The summed E-state index contributed by atoms with van der Waals surface area (Å²) < 4.78 is 35.6. The lowest BCUT2D eigenvalue weighted by Gasteiger charge is -2.11. The number of fused-ring (bicyclic) bond motifs is 3. The van der Waals surface area contributed by atoms with Gasteiger partial charge in [0.1, 0.15) is 5.75 Å². The standard InChI is InChI=1S/C21H18N2O5S/c1-27-16-11-9-15(10-12-16)22-29(25,26)20-8-4-7-19-21(20)17-5-2-3-6-18(17)23(19)28-14-13-24/h2-13,22H,14H2,1H3. The van der Waals surface area contributed by atoms with E-state index in [1.54, 1.807) is 49.6 Å². The van der Waals surface area contributed by atoms with Crippen molar-refractivity contribution in [1.82, 2.24) is 4.73 Å². The Morgan fingerprint density at radius 3 is 2.41 bits per heavy atom. The van der Waals surface area contributed by atoms with E-state index in [-0.39, 0.29) is 11.5 Å². The van der Waals surface area contributed by atoms with E-state index >= 15 is 0 Å². The predicted molar refractivity (Wildman–Crippen MR) is 111 cm³/mol. The molecule has 0 atom stereocenters. The average Bonchev–Trinajstić information content (AvgIpc) is 3.06. The fraction of sp³-hybridized carbons (Fsp3) is 0.0952. The number of nitrogens with zero attached hydrogens (tertiary/aromatic N) is 1. The number of hydrogen-bond acceptors (Lipinski definition) is 5. The number of aromatic nitrogens is 1. The van der Waals surface area contributed by atoms with Gasteiger partial charge in [0.15, 0.2) is 12.9 Å². The molecule has 0 amide bonds. The third-order valence-electron chi connectivity index (χ3n) is 4.52. The molecule has 0 saturated carbocycles. The summed E-state index contributed by atoms with van der Waals surface area (Å²) in [6, 6.07) is 18.9. The van der Waals surface area contributed by atoms with Gasteiger partial charge in [-0.25, -0.2) is 8.42 Å². The number of hydrogen-bond donors (Lipinski definition) is 1. The van der Waals surface area contributed by atoms with Crippen molar-refractivity contribution in [2.75, 3.05) is 18.4 Å². The summed E-state index contributed by atoms with van der Waals surface area (Å²) in [5, 5.41) is 1.24. The van der Waals surface area contributed by atoms with Gasteiger partial charge in [0.25, 0.3) is 10.0 Å². The molecule has 0 fully saturated rings. The van der Waals surface area contributed by atoms with Crippen LogP contribution in [0.25, 0.3) is 21.8 Å². The number of para-hydroxylation sites is 1. The Bertz CT molecular complexity index is 1290. The molecule has 8 heteroatoms. The van der Waals surface area contributed by atoms with Gasteiger partial charge < -0.3 is 9.57 Å². The maximum Gasteiger partial charge on any atom is 0.262 e. The van der Waals surface area contributed by atoms with Crippen LogP contribution in [-0.2, 0) is 14.8 Å². The van der Waals surface area contributed by atoms with Gasteiger partial charge in [-0.15, -0.1) is 0 Å². The fourth-order valence-electron chi connectivity index (χ4n) is 3.29. The minimum Gasteiger partial charge on any atom is -0.497 e. The molecule has 0 aliphatic rings. The molecule has 0 bridgehead atoms. The van der Waals surface area contributed by atoms with Crippen LogP contribution in [0.5, 0.6) is 5.75 Å². The molecule has 0 aliphatic carbocycles. The molecular formula is C21H18N2O5S. The number of benzene rings is 3. The van der Waals surface area contributed by atoms with E-state index in [0.29, 0.717) is 39.5 Å². The zero-order chi connectivity index (χ0) is 20.4. The largest absolute Gasteiger partial charge is 0.497 e. The molecule has 4 aromatic rings. The molecule has 7 nitrogen and oxygen atoms in total. The van der Waals surface area contributed by atoms with E-state index in [1.165, 1.54) is 4.73 Å². The Morgan fingerprint density at radius 2 is 1.69 bits per heavy atom. The Balaban J connectivity index is 1.88. The smallest absolute Gasteiger partial charge is 0.262 e. The number of nitrogens with one attached hydrogen (secondary N) is 1. The van der Waals surface area contributed by atoms with Crippen molar-refractivity contribution in [3.63, 3.8) is 0 Å². The van der Waals surface area contributed by atoms with Crippen molar-refractivity contribution < 1.29 is 22.8 Å². The van der Waals surface area contributed by atoms with Gasteiger partial charge in [-0.05, 0) is 42.5 Å². The summed E-state index contributed by atoms with van der Waals surface area (Å²) in [6.45, 7) is -0.144. The molecule has 0 aliphatic heterocycles. The number of anilines is 1. The van der Waals surface area contributed by atoms with Crippen molar-refractivity contribution >= 4 is 43.8 Å². The Kier molecular flexibility index (Phi) is 4.85. The second-order valence-corrected chi connectivity index (χ2v) is 7.91. The highest BCUT2D eigenvalue weighted by Gasteiger charge is 2.22. The van der Waals surface area contributed by atoms with Crippen LogP contribution < -0.4 is 14.3 Å². The fourth-order valence-corrected chi connectivity index (χ4v) is 4.59. The van der Waals surface area contributed by atoms with Crippen molar-refractivity contribution in [3.8, 4) is 5.75 Å². The van der Waals surface area contributed by atoms with E-state index in [4.69, 9.17) is 9.57 Å². The molecule has 0 spiro atoms. The van der Waals surface area contributed by atoms with E-state index in [1.807, 2.05) is 24.3 Å². The maximum atomic E-state index is 13.2. The lowest BCUT2D eigenvalue weighted by molar-refractivity contribution is -0.111. The molecule has 0 unspecified atom stereocenters. The van der Waals surface area contributed by atoms with Crippen LogP contribution in [0.1, 0.15) is 0 Å². The molecule has 1 aromatic heterocycles. The van der Waals surface area contributed by atoms with Gasteiger partial charge in [0, 0.05) is 16.5 Å². The highest BCUT2D eigenvalue weighted by molar-refractivity contribution is 7.93. The van der Waals surface area contributed by atoms with Crippen LogP contribution in [0.4, 0.5) is 5.69 Å². The summed E-state index contributed by atoms with van der Waals surface area (Å²) in [6.07, 6.45) is 0.645. The molecule has 1 heterocycles. The lowest BCUT2D eigenvalue weighted by Crippen LogP contribution is -2.14. The number of rotatable bonds is 7. The molecule has 1 N–H and O–H groups in total. The molecule has 148 valence electrons. The zero-order valence-electron chi connectivity index (χ0n) is 15.5. The molecular weight excluding hydrogens is 392 g/mol. The first-order chi connectivity index (χ1) is 14.0. The molecule has 3 aromatic carbocycles. The van der Waals surface area contributed by atoms with Crippen LogP contribution in [0.3, 0.4) is 0 Å². The van der Waals surface area contributed by atoms with Gasteiger partial charge in [-0.1, -0.05) is 24.3 Å². The van der Waals surface area contributed by atoms with E-state index in [2.05, 4.69) is 4.72 Å². The molecule has 0 radical (unpaired) electrons. The molecule has 29 heavy (non-hydrogen) atoms. The van der Waals surface area contributed by atoms with E-state index in [0.717, 1.165) is 0 Å². The minimum absolute atomic E-state index is 0.121. The first-order valence-electron chi connectivity index (χ1n) is 8.81. The second kappa shape index (κ2) is 7.48. The normalized spacial score (nSPS) is 11.5. The van der Waals surface area contributed by atoms with Crippen LogP contribution in [0.15, 0.2) is 71.6 Å². The van der Waals surface area contributed by atoms with Gasteiger partial charge in [-0.2, -0.15) is 4.73 Å². The first kappa shape index (κ1) is 18.8. The topological polar surface area (TPSA) is 86.6 Å². The summed E-state index contributed by atoms with van der Waals surface area (Å²) in [7, 11) is -2.34. The number of ether oxygens (including phenoxy) is 1. The highest BCUT2D eigenvalue weighted by atomic mass is 32.2.